The Balaban J connectivity index is 1.46. The fraction of sp³-hybridized carbons (Fsp3) is 0.250. The molecule has 6 nitrogen and oxygen atoms in total. The van der Waals surface area contributed by atoms with Crippen LogP contribution in [0.15, 0.2) is 54.7 Å². The highest BCUT2D eigenvalue weighted by Crippen LogP contribution is 2.32. The second kappa shape index (κ2) is 7.09. The summed E-state index contributed by atoms with van der Waals surface area (Å²) in [7, 11) is 0. The minimum absolute atomic E-state index is 0.0968. The second-order valence-corrected chi connectivity index (χ2v) is 6.51. The first-order valence-electron chi connectivity index (χ1n) is 8.77. The maximum absolute atomic E-state index is 11.6. The number of nitrogens with zero attached hydrogens (tertiary/aromatic N) is 3. The van der Waals surface area contributed by atoms with Crippen molar-refractivity contribution >= 4 is 22.3 Å². The number of rotatable bonds is 5. The van der Waals surface area contributed by atoms with E-state index in [1.54, 1.807) is 24.4 Å². The Hall–Kier alpha value is -2.99. The molecule has 2 aromatic carbocycles. The fourth-order valence-corrected chi connectivity index (χ4v) is 3.57. The minimum Gasteiger partial charge on any atom is -0.378 e. The van der Waals surface area contributed by atoms with Gasteiger partial charge in [0, 0.05) is 32.4 Å². The van der Waals surface area contributed by atoms with Crippen LogP contribution >= 0.6 is 0 Å². The zero-order chi connectivity index (χ0) is 17.9. The number of nitro benzene ring substituents is 1. The number of fused-ring (bicyclic) bond motifs is 2. The van der Waals surface area contributed by atoms with E-state index in [0.717, 1.165) is 26.1 Å². The number of nitro groups is 1. The summed E-state index contributed by atoms with van der Waals surface area (Å²) < 4.78 is 0. The number of hydrogen-bond donors (Lipinski definition) is 1. The summed E-state index contributed by atoms with van der Waals surface area (Å²) in [6.07, 6.45) is 2.70. The molecule has 1 aliphatic rings. The van der Waals surface area contributed by atoms with Gasteiger partial charge in [-0.2, -0.15) is 0 Å². The molecule has 1 N–H and O–H groups in total. The van der Waals surface area contributed by atoms with E-state index in [4.69, 9.17) is 0 Å². The van der Waals surface area contributed by atoms with Gasteiger partial charge in [0.2, 0.25) is 0 Å². The fourth-order valence-electron chi connectivity index (χ4n) is 3.57. The molecule has 0 aliphatic carbocycles. The molecule has 0 fully saturated rings. The largest absolute Gasteiger partial charge is 0.378 e. The van der Waals surface area contributed by atoms with Gasteiger partial charge in [0.05, 0.1) is 15.8 Å². The second-order valence-electron chi connectivity index (χ2n) is 6.51. The molecule has 0 radical (unpaired) electrons. The molecular formula is C20H20N4O2. The first-order valence-corrected chi connectivity index (χ1v) is 8.77. The zero-order valence-corrected chi connectivity index (χ0v) is 14.4. The van der Waals surface area contributed by atoms with Crippen molar-refractivity contribution in [2.24, 2.45) is 0 Å². The molecule has 0 amide bonds. The number of benzene rings is 2. The van der Waals surface area contributed by atoms with Gasteiger partial charge in [-0.15, -0.1) is 0 Å². The van der Waals surface area contributed by atoms with Crippen LogP contribution in [0.5, 0.6) is 0 Å². The smallest absolute Gasteiger partial charge is 0.301 e. The van der Waals surface area contributed by atoms with Crippen molar-refractivity contribution in [3.05, 3.63) is 76.0 Å². The summed E-state index contributed by atoms with van der Waals surface area (Å²) >= 11 is 0. The van der Waals surface area contributed by atoms with E-state index < -0.39 is 0 Å². The lowest BCUT2D eigenvalue weighted by Gasteiger charge is -2.28. The molecule has 6 heteroatoms. The Morgan fingerprint density at radius 2 is 1.96 bits per heavy atom. The summed E-state index contributed by atoms with van der Waals surface area (Å²) in [6, 6.07) is 15.6. The van der Waals surface area contributed by atoms with E-state index >= 15 is 0 Å². The first kappa shape index (κ1) is 16.5. The van der Waals surface area contributed by atoms with Crippen LogP contribution in [-0.4, -0.2) is 34.4 Å². The SMILES string of the molecule is O=[N+]([O-])c1c(NCCN2CCc3ccccc3C2)ccc2ncccc12. The van der Waals surface area contributed by atoms with Gasteiger partial charge in [-0.3, -0.25) is 20.0 Å². The topological polar surface area (TPSA) is 71.3 Å². The van der Waals surface area contributed by atoms with Crippen molar-refractivity contribution in [1.82, 2.24) is 9.88 Å². The highest BCUT2D eigenvalue weighted by atomic mass is 16.6. The maximum Gasteiger partial charge on any atom is 0.301 e. The maximum atomic E-state index is 11.6. The van der Waals surface area contributed by atoms with Crippen LogP contribution in [0.25, 0.3) is 10.9 Å². The number of aromatic nitrogens is 1. The third-order valence-electron chi connectivity index (χ3n) is 4.89. The molecule has 0 saturated heterocycles. The monoisotopic (exact) mass is 348 g/mol. The minimum atomic E-state index is -0.330. The molecule has 1 aromatic heterocycles. The van der Waals surface area contributed by atoms with Crippen LogP contribution < -0.4 is 5.32 Å². The number of nitrogens with one attached hydrogen (secondary N) is 1. The lowest BCUT2D eigenvalue weighted by atomic mass is 10.00. The summed E-state index contributed by atoms with van der Waals surface area (Å²) in [5, 5.41) is 15.4. The van der Waals surface area contributed by atoms with Gasteiger partial charge >= 0.3 is 5.69 Å². The van der Waals surface area contributed by atoms with Crippen LogP contribution in [0.4, 0.5) is 11.4 Å². The molecule has 0 bridgehead atoms. The Morgan fingerprint density at radius 1 is 1.12 bits per heavy atom. The van der Waals surface area contributed by atoms with Crippen LogP contribution in [0.2, 0.25) is 0 Å². The molecular weight excluding hydrogens is 328 g/mol. The molecule has 0 unspecified atom stereocenters. The van der Waals surface area contributed by atoms with Crippen molar-refractivity contribution < 1.29 is 4.92 Å². The highest BCUT2D eigenvalue weighted by Gasteiger charge is 2.19. The van der Waals surface area contributed by atoms with E-state index in [0.29, 0.717) is 23.1 Å². The molecule has 132 valence electrons. The molecule has 0 spiro atoms. The van der Waals surface area contributed by atoms with Crippen molar-refractivity contribution in [3.63, 3.8) is 0 Å². The van der Waals surface area contributed by atoms with Crippen LogP contribution in [0.3, 0.4) is 0 Å². The predicted octanol–water partition coefficient (Wildman–Crippen LogP) is 3.61. The number of pyridine rings is 1. The summed E-state index contributed by atoms with van der Waals surface area (Å²) in [6.45, 7) is 3.45. The van der Waals surface area contributed by atoms with Gasteiger partial charge in [-0.25, -0.2) is 0 Å². The molecule has 1 aliphatic heterocycles. The standard InChI is InChI=1S/C20H20N4O2/c25-24(26)20-17-6-3-10-21-18(17)7-8-19(20)22-11-13-23-12-9-15-4-1-2-5-16(15)14-23/h1-8,10,22H,9,11-14H2. The number of anilines is 1. The van der Waals surface area contributed by atoms with Crippen molar-refractivity contribution in [1.29, 1.82) is 0 Å². The van der Waals surface area contributed by atoms with Crippen LogP contribution in [0.1, 0.15) is 11.1 Å². The van der Waals surface area contributed by atoms with Gasteiger partial charge in [-0.05, 0) is 41.8 Å². The average molecular weight is 348 g/mol. The predicted molar refractivity (Wildman–Crippen MR) is 102 cm³/mol. The Morgan fingerprint density at radius 3 is 2.81 bits per heavy atom. The van der Waals surface area contributed by atoms with E-state index in [9.17, 15) is 10.1 Å². The molecule has 26 heavy (non-hydrogen) atoms. The normalized spacial score (nSPS) is 14.2. The Labute approximate surface area is 151 Å². The van der Waals surface area contributed by atoms with Crippen molar-refractivity contribution in [2.45, 2.75) is 13.0 Å². The third-order valence-corrected chi connectivity index (χ3v) is 4.89. The van der Waals surface area contributed by atoms with Crippen molar-refractivity contribution in [3.8, 4) is 0 Å². The van der Waals surface area contributed by atoms with Crippen LogP contribution in [-0.2, 0) is 13.0 Å². The third kappa shape index (κ3) is 3.23. The van der Waals surface area contributed by atoms with Gasteiger partial charge in [0.25, 0.3) is 0 Å². The zero-order valence-electron chi connectivity index (χ0n) is 14.4. The first-order chi connectivity index (χ1) is 12.7. The summed E-state index contributed by atoms with van der Waals surface area (Å²) in [5.41, 5.74) is 4.08. The Bertz CT molecular complexity index is 957. The van der Waals surface area contributed by atoms with E-state index in [2.05, 4.69) is 39.5 Å². The molecule has 2 heterocycles. The van der Waals surface area contributed by atoms with E-state index in [-0.39, 0.29) is 10.6 Å². The van der Waals surface area contributed by atoms with E-state index in [1.165, 1.54) is 11.1 Å². The lowest BCUT2D eigenvalue weighted by Crippen LogP contribution is -2.34. The van der Waals surface area contributed by atoms with Gasteiger partial charge < -0.3 is 5.32 Å². The van der Waals surface area contributed by atoms with Crippen molar-refractivity contribution in [2.75, 3.05) is 25.0 Å². The summed E-state index contributed by atoms with van der Waals surface area (Å²) in [5.74, 6) is 0. The van der Waals surface area contributed by atoms with E-state index in [1.807, 2.05) is 6.07 Å². The number of hydrogen-bond acceptors (Lipinski definition) is 5. The quantitative estimate of drug-likeness (QED) is 0.563. The molecule has 4 rings (SSSR count). The van der Waals surface area contributed by atoms with Gasteiger partial charge in [0.1, 0.15) is 5.69 Å². The lowest BCUT2D eigenvalue weighted by molar-refractivity contribution is -0.382. The highest BCUT2D eigenvalue weighted by molar-refractivity contribution is 5.94. The Kier molecular flexibility index (Phi) is 4.50. The molecule has 0 atom stereocenters. The van der Waals surface area contributed by atoms with Gasteiger partial charge in [-0.1, -0.05) is 24.3 Å². The molecule has 3 aromatic rings. The average Bonchev–Trinajstić information content (AvgIpc) is 2.67. The van der Waals surface area contributed by atoms with Gasteiger partial charge in [0.15, 0.2) is 0 Å². The van der Waals surface area contributed by atoms with Crippen LogP contribution in [0, 0.1) is 10.1 Å². The summed E-state index contributed by atoms with van der Waals surface area (Å²) in [4.78, 5) is 17.8. The molecule has 0 saturated carbocycles.